The highest BCUT2D eigenvalue weighted by molar-refractivity contribution is 7.80. The van der Waals surface area contributed by atoms with Crippen molar-refractivity contribution in [3.63, 3.8) is 0 Å². The summed E-state index contributed by atoms with van der Waals surface area (Å²) in [6.45, 7) is 0. The maximum absolute atomic E-state index is 10.6. The third kappa shape index (κ3) is 3.03. The van der Waals surface area contributed by atoms with E-state index in [0.29, 0.717) is 6.42 Å². The Morgan fingerprint density at radius 2 is 1.09 bits per heavy atom. The topological polar surface area (TPSA) is 20.2 Å². The standard InChI is InChI=1S/C21H18OS/c22-20(23)21(18-12-6-2-7-13-18,19-14-8-3-9-15-19)16-17-10-4-1-5-11-17/h1-15H,16H2,(H,22,23). The van der Waals surface area contributed by atoms with Gasteiger partial charge < -0.3 is 5.11 Å². The van der Waals surface area contributed by atoms with Crippen LogP contribution in [0.3, 0.4) is 0 Å². The van der Waals surface area contributed by atoms with Gasteiger partial charge in [0, 0.05) is 0 Å². The van der Waals surface area contributed by atoms with E-state index >= 15 is 0 Å². The minimum absolute atomic E-state index is 0.00115. The highest BCUT2D eigenvalue weighted by atomic mass is 32.1. The van der Waals surface area contributed by atoms with E-state index in [4.69, 9.17) is 12.2 Å². The molecule has 3 rings (SSSR count). The second-order valence-electron chi connectivity index (χ2n) is 5.60. The fourth-order valence-corrected chi connectivity index (χ4v) is 3.35. The van der Waals surface area contributed by atoms with E-state index in [0.717, 1.165) is 16.7 Å². The van der Waals surface area contributed by atoms with Crippen molar-refractivity contribution in [2.24, 2.45) is 0 Å². The van der Waals surface area contributed by atoms with Crippen molar-refractivity contribution in [1.82, 2.24) is 0 Å². The molecule has 3 aromatic rings. The number of rotatable bonds is 5. The lowest BCUT2D eigenvalue weighted by Crippen LogP contribution is -2.38. The summed E-state index contributed by atoms with van der Waals surface area (Å²) in [6, 6.07) is 30.1. The van der Waals surface area contributed by atoms with Gasteiger partial charge in [-0.25, -0.2) is 0 Å². The zero-order valence-corrected chi connectivity index (χ0v) is 13.5. The fourth-order valence-electron chi connectivity index (χ4n) is 3.04. The van der Waals surface area contributed by atoms with Crippen LogP contribution in [-0.4, -0.2) is 10.2 Å². The number of benzene rings is 3. The molecule has 1 N–H and O–H groups in total. The summed E-state index contributed by atoms with van der Waals surface area (Å²) in [5, 5.41) is 10.6. The van der Waals surface area contributed by atoms with Crippen molar-refractivity contribution >= 4 is 17.3 Å². The molecule has 0 fully saturated rings. The molecule has 3 aromatic carbocycles. The minimum Gasteiger partial charge on any atom is -0.501 e. The molecule has 1 nitrogen and oxygen atoms in total. The summed E-state index contributed by atoms with van der Waals surface area (Å²) >= 11 is 5.35. The third-order valence-electron chi connectivity index (χ3n) is 4.21. The quantitative estimate of drug-likeness (QED) is 0.660. The highest BCUT2D eigenvalue weighted by Gasteiger charge is 2.39. The molecule has 2 heteroatoms. The summed E-state index contributed by atoms with van der Waals surface area (Å²) < 4.78 is 0. The summed E-state index contributed by atoms with van der Waals surface area (Å²) in [6.07, 6.45) is 0.622. The van der Waals surface area contributed by atoms with Gasteiger partial charge in [0.25, 0.3) is 0 Å². The van der Waals surface area contributed by atoms with Gasteiger partial charge in [-0.1, -0.05) is 91.0 Å². The van der Waals surface area contributed by atoms with E-state index in [1.807, 2.05) is 78.9 Å². The molecule has 0 saturated carbocycles. The SMILES string of the molecule is OC(=S)C(Cc1ccccc1)(c1ccccc1)c1ccccc1. The van der Waals surface area contributed by atoms with Crippen molar-refractivity contribution in [2.75, 3.05) is 0 Å². The van der Waals surface area contributed by atoms with Crippen LogP contribution in [0.1, 0.15) is 16.7 Å². The van der Waals surface area contributed by atoms with Crippen molar-refractivity contribution in [2.45, 2.75) is 11.8 Å². The molecule has 23 heavy (non-hydrogen) atoms. The number of aliphatic hydroxyl groups excluding tert-OH is 1. The number of aliphatic hydroxyl groups is 1. The molecule has 0 heterocycles. The van der Waals surface area contributed by atoms with Gasteiger partial charge in [-0.05, 0) is 35.3 Å². The van der Waals surface area contributed by atoms with Gasteiger partial charge >= 0.3 is 0 Å². The van der Waals surface area contributed by atoms with E-state index in [1.54, 1.807) is 0 Å². The Balaban J connectivity index is 2.21. The van der Waals surface area contributed by atoms with Gasteiger partial charge in [0.15, 0.2) is 5.05 Å². The molecule has 0 saturated heterocycles. The second-order valence-corrected chi connectivity index (χ2v) is 5.99. The summed E-state index contributed by atoms with van der Waals surface area (Å²) in [5.74, 6) is 0. The lowest BCUT2D eigenvalue weighted by Gasteiger charge is -2.33. The zero-order chi connectivity index (χ0) is 16.1. The Kier molecular flexibility index (Phi) is 4.54. The second kappa shape index (κ2) is 6.76. The third-order valence-corrected chi connectivity index (χ3v) is 4.56. The van der Waals surface area contributed by atoms with Gasteiger partial charge in [-0.2, -0.15) is 0 Å². The first-order chi connectivity index (χ1) is 11.2. The zero-order valence-electron chi connectivity index (χ0n) is 12.7. The lowest BCUT2D eigenvalue weighted by atomic mass is 9.71. The molecule has 114 valence electrons. The maximum Gasteiger partial charge on any atom is 0.172 e. The van der Waals surface area contributed by atoms with Gasteiger partial charge in [0.05, 0.1) is 5.41 Å². The molecule has 0 amide bonds. The van der Waals surface area contributed by atoms with E-state index in [2.05, 4.69) is 12.1 Å². The molecular formula is C21H18OS. The van der Waals surface area contributed by atoms with Gasteiger partial charge in [0.2, 0.25) is 0 Å². The molecule has 0 aliphatic heterocycles. The molecule has 0 aliphatic carbocycles. The Bertz CT molecular complexity index is 727. The van der Waals surface area contributed by atoms with Crippen LogP contribution in [0, 0.1) is 0 Å². The van der Waals surface area contributed by atoms with E-state index in [9.17, 15) is 5.11 Å². The van der Waals surface area contributed by atoms with Crippen molar-refractivity contribution in [3.8, 4) is 0 Å². The first-order valence-corrected chi connectivity index (χ1v) is 8.03. The summed E-state index contributed by atoms with van der Waals surface area (Å²) in [4.78, 5) is 0. The Morgan fingerprint density at radius 1 is 0.696 bits per heavy atom. The fraction of sp³-hybridized carbons (Fsp3) is 0.0952. The number of hydrogen-bond acceptors (Lipinski definition) is 1. The minimum atomic E-state index is -0.723. The van der Waals surface area contributed by atoms with E-state index in [-0.39, 0.29) is 5.05 Å². The smallest absolute Gasteiger partial charge is 0.172 e. The van der Waals surface area contributed by atoms with E-state index in [1.165, 1.54) is 0 Å². The average molecular weight is 318 g/mol. The normalized spacial score (nSPS) is 11.1. The van der Waals surface area contributed by atoms with Gasteiger partial charge in [0.1, 0.15) is 0 Å². The predicted octanol–water partition coefficient (Wildman–Crippen LogP) is 5.10. The van der Waals surface area contributed by atoms with Crippen molar-refractivity contribution in [3.05, 3.63) is 108 Å². The Labute approximate surface area is 142 Å². The monoisotopic (exact) mass is 318 g/mol. The van der Waals surface area contributed by atoms with E-state index < -0.39 is 5.41 Å². The highest BCUT2D eigenvalue weighted by Crippen LogP contribution is 2.37. The average Bonchev–Trinajstić information content (AvgIpc) is 2.62. The Hall–Kier alpha value is -2.45. The molecule has 0 unspecified atom stereocenters. The summed E-state index contributed by atoms with van der Waals surface area (Å²) in [5.41, 5.74) is 2.42. The number of thiocarbonyl (C=S) groups is 1. The first-order valence-electron chi connectivity index (χ1n) is 7.62. The summed E-state index contributed by atoms with van der Waals surface area (Å²) in [7, 11) is 0. The molecule has 0 aliphatic rings. The van der Waals surface area contributed by atoms with Crippen LogP contribution < -0.4 is 0 Å². The van der Waals surface area contributed by atoms with Crippen LogP contribution >= 0.6 is 12.2 Å². The molecule has 0 spiro atoms. The van der Waals surface area contributed by atoms with Crippen LogP contribution in [0.4, 0.5) is 0 Å². The van der Waals surface area contributed by atoms with Gasteiger partial charge in [-0.3, -0.25) is 0 Å². The van der Waals surface area contributed by atoms with Crippen LogP contribution in [0.5, 0.6) is 0 Å². The largest absolute Gasteiger partial charge is 0.501 e. The van der Waals surface area contributed by atoms with Crippen LogP contribution in [0.15, 0.2) is 91.0 Å². The Morgan fingerprint density at radius 3 is 1.48 bits per heavy atom. The molecule has 0 bridgehead atoms. The first kappa shape index (κ1) is 15.4. The molecule has 0 atom stereocenters. The van der Waals surface area contributed by atoms with Crippen LogP contribution in [0.2, 0.25) is 0 Å². The van der Waals surface area contributed by atoms with Gasteiger partial charge in [-0.15, -0.1) is 0 Å². The van der Waals surface area contributed by atoms with Crippen molar-refractivity contribution in [1.29, 1.82) is 0 Å². The maximum atomic E-state index is 10.6. The van der Waals surface area contributed by atoms with Crippen LogP contribution in [-0.2, 0) is 11.8 Å². The molecule has 0 aromatic heterocycles. The van der Waals surface area contributed by atoms with Crippen LogP contribution in [0.25, 0.3) is 0 Å². The van der Waals surface area contributed by atoms with Crippen molar-refractivity contribution < 1.29 is 5.11 Å². The lowest BCUT2D eigenvalue weighted by molar-refractivity contribution is 0.486. The number of hydrogen-bond donors (Lipinski definition) is 1. The molecule has 0 radical (unpaired) electrons. The molecular weight excluding hydrogens is 300 g/mol. The predicted molar refractivity (Wildman–Crippen MR) is 99.0 cm³/mol.